The smallest absolute Gasteiger partial charge is 0.330 e. The van der Waals surface area contributed by atoms with Gasteiger partial charge in [0.25, 0.3) is 16.1 Å². The van der Waals surface area contributed by atoms with Gasteiger partial charge in [0.15, 0.2) is 6.10 Å². The molecule has 0 rings (SSSR count). The van der Waals surface area contributed by atoms with Crippen LogP contribution in [0.1, 0.15) is 39.5 Å². The van der Waals surface area contributed by atoms with E-state index in [1.165, 1.54) is 0 Å². The third-order valence-electron chi connectivity index (χ3n) is 4.22. The molecule has 18 nitrogen and oxygen atoms in total. The first-order chi connectivity index (χ1) is 16.3. The lowest BCUT2D eigenvalue weighted by molar-refractivity contribution is -0.790. The maximum Gasteiger partial charge on any atom is 0.330 e. The molecule has 0 fully saturated rings. The SMILES string of the molecule is CCCC(NC(=O)C(C)=O)[C@H](NC(=O)CC[C@H](N)C(=O)O)C(=O)OC[C@H](CO[N+](=O)[O-])O[N+](=O)[O-]. The minimum Gasteiger partial charge on any atom is -0.480 e. The van der Waals surface area contributed by atoms with Crippen LogP contribution in [0.4, 0.5) is 0 Å². The Hall–Kier alpha value is -4.09. The number of Topliss-reactive ketones (excluding diaryl/α,β-unsaturated/α-hetero) is 1. The first-order valence-corrected chi connectivity index (χ1v) is 10.1. The summed E-state index contributed by atoms with van der Waals surface area (Å²) in [5.41, 5.74) is 5.34. The number of ketones is 1. The fourth-order valence-electron chi connectivity index (χ4n) is 2.52. The number of carboxylic acid groups (broad SMARTS) is 1. The van der Waals surface area contributed by atoms with Crippen molar-refractivity contribution >= 4 is 29.5 Å². The lowest BCUT2D eigenvalue weighted by atomic mass is 10.0. The van der Waals surface area contributed by atoms with E-state index in [4.69, 9.17) is 15.6 Å². The van der Waals surface area contributed by atoms with Crippen LogP contribution in [0.2, 0.25) is 0 Å². The zero-order valence-electron chi connectivity index (χ0n) is 18.9. The molecule has 1 unspecified atom stereocenters. The molecule has 0 heterocycles. The number of rotatable bonds is 18. The van der Waals surface area contributed by atoms with Gasteiger partial charge in [-0.25, -0.2) is 4.79 Å². The summed E-state index contributed by atoms with van der Waals surface area (Å²) >= 11 is 0. The van der Waals surface area contributed by atoms with Crippen LogP contribution in [-0.2, 0) is 38.4 Å². The summed E-state index contributed by atoms with van der Waals surface area (Å²) in [6, 6.07) is -4.16. The van der Waals surface area contributed by atoms with Gasteiger partial charge in [-0.1, -0.05) is 13.3 Å². The Morgan fingerprint density at radius 2 is 1.66 bits per heavy atom. The minimum absolute atomic E-state index is 0.0625. The van der Waals surface area contributed by atoms with Gasteiger partial charge in [-0.2, -0.15) is 0 Å². The van der Waals surface area contributed by atoms with Crippen molar-refractivity contribution in [3.63, 3.8) is 0 Å². The van der Waals surface area contributed by atoms with Crippen LogP contribution in [-0.4, -0.2) is 82.3 Å². The third-order valence-corrected chi connectivity index (χ3v) is 4.22. The average molecular weight is 509 g/mol. The molecule has 35 heavy (non-hydrogen) atoms. The number of esters is 1. The van der Waals surface area contributed by atoms with Gasteiger partial charge in [0.1, 0.15) is 25.3 Å². The number of amides is 2. The van der Waals surface area contributed by atoms with Crippen LogP contribution in [0, 0.1) is 20.2 Å². The minimum atomic E-state index is -1.71. The molecular formula is C17H27N5O13. The summed E-state index contributed by atoms with van der Waals surface area (Å²) in [4.78, 5) is 88.1. The molecule has 18 heteroatoms. The van der Waals surface area contributed by atoms with Gasteiger partial charge in [0.05, 0.1) is 6.04 Å². The van der Waals surface area contributed by atoms with Gasteiger partial charge >= 0.3 is 11.9 Å². The topological polar surface area (TPSA) is 270 Å². The molecule has 4 atom stereocenters. The fourth-order valence-corrected chi connectivity index (χ4v) is 2.52. The highest BCUT2D eigenvalue weighted by Crippen LogP contribution is 2.08. The largest absolute Gasteiger partial charge is 0.480 e. The van der Waals surface area contributed by atoms with E-state index >= 15 is 0 Å². The second-order valence-corrected chi connectivity index (χ2v) is 7.05. The Labute approximate surface area is 197 Å². The van der Waals surface area contributed by atoms with Crippen molar-refractivity contribution in [1.29, 1.82) is 0 Å². The lowest BCUT2D eigenvalue weighted by Gasteiger charge is -2.27. The van der Waals surface area contributed by atoms with Crippen molar-refractivity contribution in [2.75, 3.05) is 13.2 Å². The zero-order valence-corrected chi connectivity index (χ0v) is 18.9. The molecule has 0 radical (unpaired) electrons. The summed E-state index contributed by atoms with van der Waals surface area (Å²) < 4.78 is 4.89. The Balaban J connectivity index is 5.60. The van der Waals surface area contributed by atoms with Gasteiger partial charge < -0.3 is 35.9 Å². The summed E-state index contributed by atoms with van der Waals surface area (Å²) in [5.74, 6) is -5.41. The Kier molecular flexibility index (Phi) is 13.9. The van der Waals surface area contributed by atoms with Crippen molar-refractivity contribution in [2.24, 2.45) is 5.73 Å². The molecule has 0 saturated carbocycles. The first-order valence-electron chi connectivity index (χ1n) is 10.1. The first kappa shape index (κ1) is 30.9. The number of ether oxygens (including phenoxy) is 1. The van der Waals surface area contributed by atoms with Crippen LogP contribution in [0.3, 0.4) is 0 Å². The highest BCUT2D eigenvalue weighted by Gasteiger charge is 2.33. The van der Waals surface area contributed by atoms with Gasteiger partial charge in [0, 0.05) is 13.3 Å². The lowest BCUT2D eigenvalue weighted by Crippen LogP contribution is -2.57. The molecule has 0 bridgehead atoms. The number of nitrogens with zero attached hydrogens (tertiary/aromatic N) is 2. The molecule has 0 saturated heterocycles. The molecule has 0 aromatic rings. The van der Waals surface area contributed by atoms with Crippen LogP contribution in [0.5, 0.6) is 0 Å². The van der Waals surface area contributed by atoms with Crippen LogP contribution in [0.25, 0.3) is 0 Å². The van der Waals surface area contributed by atoms with Gasteiger partial charge in [-0.3, -0.25) is 19.2 Å². The fraction of sp³-hybridized carbons (Fsp3) is 0.706. The number of hydrogen-bond donors (Lipinski definition) is 4. The Morgan fingerprint density at radius 1 is 1.03 bits per heavy atom. The number of nitrogens with one attached hydrogen (secondary N) is 2. The molecule has 0 aromatic carbocycles. The third kappa shape index (κ3) is 13.3. The van der Waals surface area contributed by atoms with Crippen molar-refractivity contribution in [2.45, 2.75) is 63.8 Å². The monoisotopic (exact) mass is 509 g/mol. The summed E-state index contributed by atoms with van der Waals surface area (Å²) in [7, 11) is 0. The molecule has 0 aliphatic rings. The molecule has 2 amide bonds. The molecule has 0 spiro atoms. The summed E-state index contributed by atoms with van der Waals surface area (Å²) in [6.07, 6.45) is -2.01. The van der Waals surface area contributed by atoms with Crippen LogP contribution < -0.4 is 16.4 Å². The maximum absolute atomic E-state index is 12.7. The normalized spacial score (nSPS) is 13.8. The van der Waals surface area contributed by atoms with Gasteiger partial charge in [-0.05, 0) is 12.8 Å². The highest BCUT2D eigenvalue weighted by atomic mass is 17.0. The van der Waals surface area contributed by atoms with Crippen LogP contribution >= 0.6 is 0 Å². The van der Waals surface area contributed by atoms with E-state index in [9.17, 15) is 44.2 Å². The molecule has 0 aromatic heterocycles. The summed E-state index contributed by atoms with van der Waals surface area (Å²) in [5, 5.41) is 31.7. The standard InChI is InChI=1S/C17H27N5O13/c1-3-4-12(19-15(25)9(2)23)14(20-13(24)6-5-11(18)16(26)27)17(28)33-7-10(35-22(31)32)8-34-21(29)30/h10-12,14H,3-8,18H2,1-2H3,(H,19,25)(H,20,24)(H,26,27)/t10-,11+,12?,14+/m1/s1. The number of hydrogen-bond acceptors (Lipinski definition) is 13. The van der Waals surface area contributed by atoms with Crippen molar-refractivity contribution < 1.29 is 53.7 Å². The van der Waals surface area contributed by atoms with Gasteiger partial charge in [-0.15, -0.1) is 20.2 Å². The van der Waals surface area contributed by atoms with Crippen LogP contribution in [0.15, 0.2) is 0 Å². The number of aliphatic carboxylic acids is 1. The van der Waals surface area contributed by atoms with Gasteiger partial charge in [0.2, 0.25) is 11.7 Å². The van der Waals surface area contributed by atoms with E-state index in [-0.39, 0.29) is 12.8 Å². The molecule has 0 aliphatic heterocycles. The predicted octanol–water partition coefficient (Wildman–Crippen LogP) is -2.13. The number of carbonyl (C=O) groups is 5. The van der Waals surface area contributed by atoms with E-state index < -0.39 is 83.6 Å². The molecule has 5 N–H and O–H groups in total. The van der Waals surface area contributed by atoms with Crippen molar-refractivity contribution in [3.05, 3.63) is 20.2 Å². The quantitative estimate of drug-likeness (QED) is 0.0665. The number of carboxylic acids is 1. The summed E-state index contributed by atoms with van der Waals surface area (Å²) in [6.45, 7) is 0.750. The van der Waals surface area contributed by atoms with E-state index in [0.29, 0.717) is 6.42 Å². The van der Waals surface area contributed by atoms with E-state index in [1.807, 2.05) is 0 Å². The Bertz CT molecular complexity index is 805. The van der Waals surface area contributed by atoms with E-state index in [1.54, 1.807) is 6.92 Å². The van der Waals surface area contributed by atoms with Crippen molar-refractivity contribution in [1.82, 2.24) is 10.6 Å². The highest BCUT2D eigenvalue weighted by molar-refractivity contribution is 6.35. The second-order valence-electron chi connectivity index (χ2n) is 7.05. The number of nitrogens with two attached hydrogens (primary N) is 1. The number of carbonyl (C=O) groups excluding carboxylic acids is 4. The molecular weight excluding hydrogens is 482 g/mol. The molecule has 0 aliphatic carbocycles. The molecule has 198 valence electrons. The maximum atomic E-state index is 12.7. The zero-order chi connectivity index (χ0) is 27.1. The predicted molar refractivity (Wildman–Crippen MR) is 110 cm³/mol. The van der Waals surface area contributed by atoms with E-state index in [2.05, 4.69) is 20.3 Å². The Morgan fingerprint density at radius 3 is 2.14 bits per heavy atom. The second kappa shape index (κ2) is 15.7. The van der Waals surface area contributed by atoms with E-state index in [0.717, 1.165) is 6.92 Å². The van der Waals surface area contributed by atoms with Crippen molar-refractivity contribution in [3.8, 4) is 0 Å². The average Bonchev–Trinajstić information content (AvgIpc) is 2.76.